The number of para-hydroxylation sites is 1. The minimum atomic E-state index is 0.622. The van der Waals surface area contributed by atoms with Crippen molar-refractivity contribution < 1.29 is 4.42 Å². The van der Waals surface area contributed by atoms with E-state index in [-0.39, 0.29) is 0 Å². The fraction of sp³-hybridized carbons (Fsp3) is 0. The molecule has 10 rings (SSSR count). The maximum absolute atomic E-state index is 6.22. The lowest BCUT2D eigenvalue weighted by atomic mass is 9.93. The Labute approximate surface area is 282 Å². The summed E-state index contributed by atoms with van der Waals surface area (Å²) in [5.41, 5.74) is 6.76. The molecule has 0 spiro atoms. The molecule has 0 fully saturated rings. The molecule has 0 amide bonds. The van der Waals surface area contributed by atoms with Gasteiger partial charge in [-0.25, -0.2) is 15.0 Å². The topological polar surface area (TPSA) is 51.8 Å². The van der Waals surface area contributed by atoms with Crippen LogP contribution in [0.25, 0.3) is 99.5 Å². The molecule has 2 aromatic heterocycles. The van der Waals surface area contributed by atoms with Gasteiger partial charge in [0.2, 0.25) is 0 Å². The predicted octanol–water partition coefficient (Wildman–Crippen LogP) is 11.9. The highest BCUT2D eigenvalue weighted by atomic mass is 16.3. The van der Waals surface area contributed by atoms with Crippen LogP contribution in [0.15, 0.2) is 168 Å². The lowest BCUT2D eigenvalue weighted by Crippen LogP contribution is -2.01. The zero-order valence-electron chi connectivity index (χ0n) is 26.3. The number of furan rings is 1. The van der Waals surface area contributed by atoms with Gasteiger partial charge in [0.05, 0.1) is 0 Å². The van der Waals surface area contributed by atoms with Crippen molar-refractivity contribution in [3.8, 4) is 45.3 Å². The first-order chi connectivity index (χ1) is 24.3. The van der Waals surface area contributed by atoms with E-state index in [0.717, 1.165) is 55.1 Å². The Morgan fingerprint density at radius 1 is 0.327 bits per heavy atom. The SMILES string of the molecule is c1ccc(-c2nc(-c3cccc(-c4cccc5oc6ccccc6c45)c3)nc(-c3cc4c5ccccc5ccc4c4ccccc34)n2)cc1. The average Bonchev–Trinajstić information content (AvgIpc) is 3.57. The zero-order chi connectivity index (χ0) is 32.3. The molecule has 0 saturated carbocycles. The summed E-state index contributed by atoms with van der Waals surface area (Å²) in [6.45, 7) is 0. The second kappa shape index (κ2) is 11.0. The van der Waals surface area contributed by atoms with E-state index in [1.807, 2.05) is 36.4 Å². The molecule has 2 heterocycles. The standard InChI is InChI=1S/C45H27N3O/c1-2-13-29(14-3-1)43-46-44(31-16-10-15-30(26-31)33-21-11-23-41-42(33)37-20-8-9-22-40(37)49-41)48-45(47-43)39-27-38-32-17-5-4-12-28(32)24-25-36(38)34-18-6-7-19-35(34)39/h1-27H. The van der Waals surface area contributed by atoms with Crippen LogP contribution >= 0.6 is 0 Å². The Balaban J connectivity index is 1.22. The van der Waals surface area contributed by atoms with Crippen molar-refractivity contribution >= 4 is 54.3 Å². The van der Waals surface area contributed by atoms with Crippen LogP contribution in [0.4, 0.5) is 0 Å². The molecule has 49 heavy (non-hydrogen) atoms. The quantitative estimate of drug-likeness (QED) is 0.183. The van der Waals surface area contributed by atoms with Crippen LogP contribution in [0, 0.1) is 0 Å². The molecular formula is C45H27N3O. The van der Waals surface area contributed by atoms with Crippen LogP contribution in [0.1, 0.15) is 0 Å². The Morgan fingerprint density at radius 2 is 0.939 bits per heavy atom. The van der Waals surface area contributed by atoms with Gasteiger partial charge in [0.25, 0.3) is 0 Å². The Kier molecular flexibility index (Phi) is 6.15. The van der Waals surface area contributed by atoms with Gasteiger partial charge in [-0.1, -0.05) is 140 Å². The fourth-order valence-corrected chi connectivity index (χ4v) is 7.23. The molecule has 10 aromatic rings. The summed E-state index contributed by atoms with van der Waals surface area (Å²) in [5, 5.41) is 9.28. The third-order valence-corrected chi connectivity index (χ3v) is 9.51. The smallest absolute Gasteiger partial charge is 0.164 e. The maximum Gasteiger partial charge on any atom is 0.164 e. The minimum Gasteiger partial charge on any atom is -0.456 e. The lowest BCUT2D eigenvalue weighted by molar-refractivity contribution is 0.669. The number of aromatic nitrogens is 3. The average molecular weight is 626 g/mol. The monoisotopic (exact) mass is 625 g/mol. The summed E-state index contributed by atoms with van der Waals surface area (Å²) in [7, 11) is 0. The van der Waals surface area contributed by atoms with Crippen molar-refractivity contribution in [3.05, 3.63) is 164 Å². The molecule has 0 aliphatic rings. The van der Waals surface area contributed by atoms with Crippen LogP contribution in [0.2, 0.25) is 0 Å². The molecule has 8 aromatic carbocycles. The lowest BCUT2D eigenvalue weighted by Gasteiger charge is -2.14. The molecule has 0 aliphatic heterocycles. The highest BCUT2D eigenvalue weighted by Crippen LogP contribution is 2.40. The molecule has 0 saturated heterocycles. The summed E-state index contributed by atoms with van der Waals surface area (Å²) in [6, 6.07) is 56.9. The summed E-state index contributed by atoms with van der Waals surface area (Å²) in [6.07, 6.45) is 0. The second-order valence-electron chi connectivity index (χ2n) is 12.4. The molecule has 0 unspecified atom stereocenters. The van der Waals surface area contributed by atoms with Crippen LogP contribution in [-0.2, 0) is 0 Å². The number of hydrogen-bond donors (Lipinski definition) is 0. The summed E-state index contributed by atoms with van der Waals surface area (Å²) < 4.78 is 6.22. The summed E-state index contributed by atoms with van der Waals surface area (Å²) in [5.74, 6) is 1.90. The van der Waals surface area contributed by atoms with Gasteiger partial charge in [0, 0.05) is 27.5 Å². The number of hydrogen-bond acceptors (Lipinski definition) is 4. The number of fused-ring (bicyclic) bond motifs is 8. The van der Waals surface area contributed by atoms with Crippen molar-refractivity contribution in [2.24, 2.45) is 0 Å². The first kappa shape index (κ1) is 27.5. The van der Waals surface area contributed by atoms with E-state index in [1.165, 1.54) is 26.9 Å². The van der Waals surface area contributed by atoms with Crippen LogP contribution in [0.5, 0.6) is 0 Å². The summed E-state index contributed by atoms with van der Waals surface area (Å²) in [4.78, 5) is 15.5. The number of nitrogens with zero attached hydrogens (tertiary/aromatic N) is 3. The minimum absolute atomic E-state index is 0.622. The fourth-order valence-electron chi connectivity index (χ4n) is 7.23. The first-order valence-corrected chi connectivity index (χ1v) is 16.4. The van der Waals surface area contributed by atoms with Crippen LogP contribution in [-0.4, -0.2) is 15.0 Å². The first-order valence-electron chi connectivity index (χ1n) is 16.4. The molecule has 228 valence electrons. The Morgan fingerprint density at radius 3 is 1.82 bits per heavy atom. The van der Waals surface area contributed by atoms with E-state index in [1.54, 1.807) is 0 Å². The molecule has 0 atom stereocenters. The van der Waals surface area contributed by atoms with Crippen molar-refractivity contribution in [1.29, 1.82) is 0 Å². The Hall–Kier alpha value is -6.65. The van der Waals surface area contributed by atoms with Crippen molar-refractivity contribution in [1.82, 2.24) is 15.0 Å². The largest absolute Gasteiger partial charge is 0.456 e. The highest BCUT2D eigenvalue weighted by molar-refractivity contribution is 6.20. The van der Waals surface area contributed by atoms with Gasteiger partial charge < -0.3 is 4.42 Å². The number of rotatable bonds is 4. The van der Waals surface area contributed by atoms with Gasteiger partial charge in [0.15, 0.2) is 17.5 Å². The normalized spacial score (nSPS) is 11.7. The van der Waals surface area contributed by atoms with E-state index < -0.39 is 0 Å². The third-order valence-electron chi connectivity index (χ3n) is 9.51. The van der Waals surface area contributed by atoms with Gasteiger partial charge >= 0.3 is 0 Å². The van der Waals surface area contributed by atoms with E-state index in [2.05, 4.69) is 127 Å². The van der Waals surface area contributed by atoms with Gasteiger partial charge in [-0.15, -0.1) is 0 Å². The van der Waals surface area contributed by atoms with E-state index in [9.17, 15) is 0 Å². The number of benzene rings is 8. The molecule has 0 aliphatic carbocycles. The maximum atomic E-state index is 6.22. The van der Waals surface area contributed by atoms with Crippen molar-refractivity contribution in [3.63, 3.8) is 0 Å². The molecule has 0 N–H and O–H groups in total. The molecular weight excluding hydrogens is 599 g/mol. The molecule has 0 radical (unpaired) electrons. The second-order valence-corrected chi connectivity index (χ2v) is 12.4. The van der Waals surface area contributed by atoms with Crippen molar-refractivity contribution in [2.45, 2.75) is 0 Å². The van der Waals surface area contributed by atoms with E-state index in [4.69, 9.17) is 19.4 Å². The summed E-state index contributed by atoms with van der Waals surface area (Å²) >= 11 is 0. The third kappa shape index (κ3) is 4.49. The predicted molar refractivity (Wildman–Crippen MR) is 201 cm³/mol. The van der Waals surface area contributed by atoms with E-state index in [0.29, 0.717) is 17.5 Å². The molecule has 4 nitrogen and oxygen atoms in total. The van der Waals surface area contributed by atoms with Crippen LogP contribution in [0.3, 0.4) is 0 Å². The molecule has 0 bridgehead atoms. The Bertz CT molecular complexity index is 2890. The zero-order valence-corrected chi connectivity index (χ0v) is 26.3. The highest BCUT2D eigenvalue weighted by Gasteiger charge is 2.18. The van der Waals surface area contributed by atoms with E-state index >= 15 is 0 Å². The van der Waals surface area contributed by atoms with Gasteiger partial charge in [-0.05, 0) is 67.7 Å². The molecule has 4 heteroatoms. The van der Waals surface area contributed by atoms with Crippen LogP contribution < -0.4 is 0 Å². The van der Waals surface area contributed by atoms with Gasteiger partial charge in [-0.2, -0.15) is 0 Å². The van der Waals surface area contributed by atoms with Gasteiger partial charge in [0.1, 0.15) is 11.2 Å². The van der Waals surface area contributed by atoms with Crippen molar-refractivity contribution in [2.75, 3.05) is 0 Å². The van der Waals surface area contributed by atoms with Gasteiger partial charge in [-0.3, -0.25) is 0 Å².